The summed E-state index contributed by atoms with van der Waals surface area (Å²) in [6.07, 6.45) is 0. The molecule has 0 radical (unpaired) electrons. The maximum atomic E-state index is 10.1. The first-order valence-corrected chi connectivity index (χ1v) is 6.08. The smallest absolute Gasteiger partial charge is 0.139 e. The zero-order valence-corrected chi connectivity index (χ0v) is 10.3. The van der Waals surface area contributed by atoms with E-state index < -0.39 is 0 Å². The van der Waals surface area contributed by atoms with Crippen molar-refractivity contribution < 1.29 is 5.11 Å². The molecule has 94 valence electrons. The molecule has 0 aromatic heterocycles. The standard InChI is InChI=1S/C16H14N2O/c17-13-7-3-4-8-14(13)18-16-12-6-2-1-5-11(12)9-10-15(16)19/h1-10,18-19H,17H2. The number of hydrogen-bond donors (Lipinski definition) is 3. The molecule has 0 aliphatic heterocycles. The monoisotopic (exact) mass is 250 g/mol. The molecule has 0 unspecified atom stereocenters. The van der Waals surface area contributed by atoms with Gasteiger partial charge in [-0.1, -0.05) is 42.5 Å². The van der Waals surface area contributed by atoms with Crippen LogP contribution in [0.5, 0.6) is 5.75 Å². The highest BCUT2D eigenvalue weighted by Gasteiger charge is 2.08. The van der Waals surface area contributed by atoms with Gasteiger partial charge in [0, 0.05) is 5.39 Å². The number of phenols is 1. The van der Waals surface area contributed by atoms with Gasteiger partial charge in [0.05, 0.1) is 17.1 Å². The van der Waals surface area contributed by atoms with Crippen molar-refractivity contribution in [2.75, 3.05) is 11.1 Å². The van der Waals surface area contributed by atoms with Gasteiger partial charge >= 0.3 is 0 Å². The fourth-order valence-electron chi connectivity index (χ4n) is 2.14. The highest BCUT2D eigenvalue weighted by Crippen LogP contribution is 2.35. The lowest BCUT2D eigenvalue weighted by molar-refractivity contribution is 0.478. The fraction of sp³-hybridized carbons (Fsp3) is 0. The van der Waals surface area contributed by atoms with E-state index in [0.717, 1.165) is 16.5 Å². The largest absolute Gasteiger partial charge is 0.506 e. The second-order valence-corrected chi connectivity index (χ2v) is 4.39. The number of anilines is 3. The summed E-state index contributed by atoms with van der Waals surface area (Å²) in [5, 5.41) is 15.3. The van der Waals surface area contributed by atoms with E-state index >= 15 is 0 Å². The number of nitrogens with two attached hydrogens (primary N) is 1. The topological polar surface area (TPSA) is 58.3 Å². The summed E-state index contributed by atoms with van der Waals surface area (Å²) in [4.78, 5) is 0. The summed E-state index contributed by atoms with van der Waals surface area (Å²) >= 11 is 0. The third kappa shape index (κ3) is 2.06. The van der Waals surface area contributed by atoms with Gasteiger partial charge in [-0.25, -0.2) is 0 Å². The molecule has 0 bridgehead atoms. The maximum Gasteiger partial charge on any atom is 0.139 e. The Morgan fingerprint density at radius 3 is 2.42 bits per heavy atom. The van der Waals surface area contributed by atoms with Crippen molar-refractivity contribution >= 4 is 27.8 Å². The van der Waals surface area contributed by atoms with Gasteiger partial charge in [0.2, 0.25) is 0 Å². The average Bonchev–Trinajstić information content (AvgIpc) is 2.44. The summed E-state index contributed by atoms with van der Waals surface area (Å²) in [7, 11) is 0. The zero-order valence-electron chi connectivity index (χ0n) is 10.3. The number of nitrogen functional groups attached to an aromatic ring is 1. The van der Waals surface area contributed by atoms with E-state index in [1.807, 2.05) is 54.6 Å². The van der Waals surface area contributed by atoms with Crippen molar-refractivity contribution in [3.8, 4) is 5.75 Å². The van der Waals surface area contributed by atoms with Crippen molar-refractivity contribution in [1.82, 2.24) is 0 Å². The normalized spacial score (nSPS) is 10.5. The summed E-state index contributed by atoms with van der Waals surface area (Å²) in [5.41, 5.74) is 8.03. The van der Waals surface area contributed by atoms with Crippen LogP contribution >= 0.6 is 0 Å². The molecule has 0 fully saturated rings. The first kappa shape index (κ1) is 11.4. The van der Waals surface area contributed by atoms with E-state index in [1.165, 1.54) is 0 Å². The Morgan fingerprint density at radius 2 is 1.58 bits per heavy atom. The molecule has 3 heteroatoms. The Morgan fingerprint density at radius 1 is 0.842 bits per heavy atom. The van der Waals surface area contributed by atoms with Crippen LogP contribution in [0.25, 0.3) is 10.8 Å². The van der Waals surface area contributed by atoms with Gasteiger partial charge in [-0.3, -0.25) is 0 Å². The Balaban J connectivity index is 2.15. The van der Waals surface area contributed by atoms with Gasteiger partial charge < -0.3 is 16.2 Å². The third-order valence-corrected chi connectivity index (χ3v) is 3.13. The molecule has 3 aromatic carbocycles. The molecular weight excluding hydrogens is 236 g/mol. The quantitative estimate of drug-likeness (QED) is 0.478. The molecule has 3 nitrogen and oxygen atoms in total. The second-order valence-electron chi connectivity index (χ2n) is 4.39. The minimum absolute atomic E-state index is 0.210. The van der Waals surface area contributed by atoms with Crippen LogP contribution in [-0.2, 0) is 0 Å². The molecule has 0 aliphatic carbocycles. The molecule has 4 N–H and O–H groups in total. The highest BCUT2D eigenvalue weighted by molar-refractivity contribution is 5.99. The van der Waals surface area contributed by atoms with E-state index in [1.54, 1.807) is 6.07 Å². The molecule has 0 saturated carbocycles. The van der Waals surface area contributed by atoms with Gasteiger partial charge in [0.1, 0.15) is 5.75 Å². The van der Waals surface area contributed by atoms with Crippen LogP contribution in [0.15, 0.2) is 60.7 Å². The van der Waals surface area contributed by atoms with Crippen LogP contribution in [0, 0.1) is 0 Å². The number of aromatic hydroxyl groups is 1. The summed E-state index contributed by atoms with van der Waals surface area (Å²) in [6.45, 7) is 0. The Bertz CT molecular complexity index is 738. The Labute approximate surface area is 111 Å². The van der Waals surface area contributed by atoms with Crippen LogP contribution in [0.2, 0.25) is 0 Å². The molecule has 0 atom stereocenters. The van der Waals surface area contributed by atoms with Crippen molar-refractivity contribution in [2.24, 2.45) is 0 Å². The molecule has 3 aromatic rings. The van der Waals surface area contributed by atoms with E-state index in [-0.39, 0.29) is 5.75 Å². The van der Waals surface area contributed by atoms with Gasteiger partial charge in [-0.2, -0.15) is 0 Å². The number of rotatable bonds is 2. The summed E-state index contributed by atoms with van der Waals surface area (Å²) in [5.74, 6) is 0.210. The molecule has 0 spiro atoms. The molecule has 19 heavy (non-hydrogen) atoms. The van der Waals surface area contributed by atoms with Gasteiger partial charge in [-0.15, -0.1) is 0 Å². The van der Waals surface area contributed by atoms with Gasteiger partial charge in [0.25, 0.3) is 0 Å². The fourth-order valence-corrected chi connectivity index (χ4v) is 2.14. The van der Waals surface area contributed by atoms with E-state index in [4.69, 9.17) is 5.73 Å². The van der Waals surface area contributed by atoms with Crippen LogP contribution in [0.1, 0.15) is 0 Å². The van der Waals surface area contributed by atoms with E-state index in [9.17, 15) is 5.11 Å². The lowest BCUT2D eigenvalue weighted by Gasteiger charge is -2.13. The molecule has 3 rings (SSSR count). The summed E-state index contributed by atoms with van der Waals surface area (Å²) in [6, 6.07) is 19.0. The number of fused-ring (bicyclic) bond motifs is 1. The van der Waals surface area contributed by atoms with Gasteiger partial charge in [-0.05, 0) is 23.6 Å². The first-order chi connectivity index (χ1) is 9.25. The number of phenolic OH excluding ortho intramolecular Hbond substituents is 1. The van der Waals surface area contributed by atoms with Crippen LogP contribution < -0.4 is 11.1 Å². The SMILES string of the molecule is Nc1ccccc1Nc1c(O)ccc2ccccc12. The maximum absolute atomic E-state index is 10.1. The van der Waals surface area contributed by atoms with Crippen LogP contribution in [-0.4, -0.2) is 5.11 Å². The lowest BCUT2D eigenvalue weighted by atomic mass is 10.1. The predicted octanol–water partition coefficient (Wildman–Crippen LogP) is 3.87. The summed E-state index contributed by atoms with van der Waals surface area (Å²) < 4.78 is 0. The minimum Gasteiger partial charge on any atom is -0.506 e. The van der Waals surface area contributed by atoms with Crippen molar-refractivity contribution in [3.63, 3.8) is 0 Å². The Kier molecular flexibility index (Phi) is 2.72. The molecule has 0 saturated heterocycles. The predicted molar refractivity (Wildman–Crippen MR) is 79.7 cm³/mol. The minimum atomic E-state index is 0.210. The number of benzene rings is 3. The van der Waals surface area contributed by atoms with Crippen molar-refractivity contribution in [2.45, 2.75) is 0 Å². The zero-order chi connectivity index (χ0) is 13.2. The number of hydrogen-bond acceptors (Lipinski definition) is 3. The molecular formula is C16H14N2O. The van der Waals surface area contributed by atoms with Crippen molar-refractivity contribution in [3.05, 3.63) is 60.7 Å². The number of nitrogens with one attached hydrogen (secondary N) is 1. The molecule has 0 heterocycles. The molecule has 0 amide bonds. The molecule has 0 aliphatic rings. The van der Waals surface area contributed by atoms with Gasteiger partial charge in [0.15, 0.2) is 0 Å². The second kappa shape index (κ2) is 4.53. The highest BCUT2D eigenvalue weighted by atomic mass is 16.3. The van der Waals surface area contributed by atoms with E-state index in [0.29, 0.717) is 11.4 Å². The van der Waals surface area contributed by atoms with Crippen LogP contribution in [0.4, 0.5) is 17.1 Å². The van der Waals surface area contributed by atoms with Crippen LogP contribution in [0.3, 0.4) is 0 Å². The first-order valence-electron chi connectivity index (χ1n) is 6.08. The lowest BCUT2D eigenvalue weighted by Crippen LogP contribution is -1.96. The van der Waals surface area contributed by atoms with E-state index in [2.05, 4.69) is 5.32 Å². The average molecular weight is 250 g/mol. The third-order valence-electron chi connectivity index (χ3n) is 3.13. The Hall–Kier alpha value is -2.68. The van der Waals surface area contributed by atoms with Crippen molar-refractivity contribution in [1.29, 1.82) is 0 Å². The number of para-hydroxylation sites is 2.